The van der Waals surface area contributed by atoms with E-state index in [1.807, 2.05) is 0 Å². The van der Waals surface area contributed by atoms with Crippen molar-refractivity contribution < 1.29 is 29.8 Å². The van der Waals surface area contributed by atoms with Crippen LogP contribution in [0.2, 0.25) is 0 Å². The maximum atomic E-state index is 9.07. The second-order valence-corrected chi connectivity index (χ2v) is 3.27. The summed E-state index contributed by atoms with van der Waals surface area (Å²) in [4.78, 5) is 8.49. The van der Waals surface area contributed by atoms with Crippen molar-refractivity contribution in [3.8, 4) is 0 Å². The molecule has 0 amide bonds. The summed E-state index contributed by atoms with van der Waals surface area (Å²) in [6, 6.07) is 0. The Hall–Kier alpha value is 0.150. The molecule has 0 aliphatic heterocycles. The van der Waals surface area contributed by atoms with Crippen LogP contribution in [0.3, 0.4) is 0 Å². The Labute approximate surface area is 76.4 Å². The zero-order valence-corrected chi connectivity index (χ0v) is 7.71. The van der Waals surface area contributed by atoms with Gasteiger partial charge < -0.3 is 29.8 Å². The minimum Gasteiger partial charge on any atom is -0.394 e. The molecule has 0 aromatic heterocycles. The van der Waals surface area contributed by atoms with E-state index in [2.05, 4.69) is 4.52 Å². The molecule has 13 heavy (non-hydrogen) atoms. The molecule has 0 spiro atoms. The van der Waals surface area contributed by atoms with E-state index < -0.39 is 40.1 Å². The lowest BCUT2D eigenvalue weighted by Crippen LogP contribution is -2.41. The molecule has 80 valence electrons. The second-order valence-electron chi connectivity index (χ2n) is 2.41. The Morgan fingerprint density at radius 1 is 1.23 bits per heavy atom. The molecule has 0 radical (unpaired) electrons. The van der Waals surface area contributed by atoms with Crippen molar-refractivity contribution in [3.63, 3.8) is 0 Å². The molecule has 0 bridgehead atoms. The smallest absolute Gasteiger partial charge is 0.250 e. The molecule has 0 saturated carbocycles. The molecule has 4 atom stereocenters. The first-order chi connectivity index (χ1) is 5.99. The summed E-state index contributed by atoms with van der Waals surface area (Å²) in [7, 11) is -2.10. The summed E-state index contributed by atoms with van der Waals surface area (Å²) in [6.07, 6.45) is -4.37. The largest absolute Gasteiger partial charge is 0.394 e. The fourth-order valence-corrected chi connectivity index (χ4v) is 0.921. The first-order valence-corrected chi connectivity index (χ1v) is 4.78. The highest BCUT2D eigenvalue weighted by atomic mass is 31.2. The summed E-state index contributed by atoms with van der Waals surface area (Å²) in [5.41, 5.74) is 4.84. The summed E-state index contributed by atoms with van der Waals surface area (Å²) in [5, 5.41) is 35.4. The summed E-state index contributed by atoms with van der Waals surface area (Å²) in [5.74, 6) is 0. The molecule has 0 aromatic carbocycles. The molecule has 0 rings (SSSR count). The standard InChI is InChI=1S/C5H14NO6P/c6-13(11)12-2-4(9)5(10)3(8)1-7/h3-5,7-11H,1-2,6H2/t3-,4+,5-,13?/m1/s1. The topological polar surface area (TPSA) is 136 Å². The summed E-state index contributed by atoms with van der Waals surface area (Å²) in [6.45, 7) is -1.08. The van der Waals surface area contributed by atoms with Crippen LogP contribution in [0.5, 0.6) is 0 Å². The number of rotatable bonds is 6. The van der Waals surface area contributed by atoms with E-state index in [4.69, 9.17) is 30.8 Å². The van der Waals surface area contributed by atoms with Gasteiger partial charge in [0, 0.05) is 0 Å². The lowest BCUT2D eigenvalue weighted by molar-refractivity contribution is -0.0869. The van der Waals surface area contributed by atoms with Crippen LogP contribution in [0.4, 0.5) is 0 Å². The molecule has 1 unspecified atom stereocenters. The van der Waals surface area contributed by atoms with Gasteiger partial charge in [-0.05, 0) is 0 Å². The highest BCUT2D eigenvalue weighted by molar-refractivity contribution is 7.43. The molecule has 8 heteroatoms. The number of aliphatic hydroxyl groups is 4. The average molecular weight is 215 g/mol. The van der Waals surface area contributed by atoms with E-state index in [0.29, 0.717) is 0 Å². The molecule has 0 fully saturated rings. The highest BCUT2D eigenvalue weighted by Gasteiger charge is 2.24. The van der Waals surface area contributed by atoms with E-state index >= 15 is 0 Å². The van der Waals surface area contributed by atoms with Crippen molar-refractivity contribution in [2.24, 2.45) is 5.50 Å². The van der Waals surface area contributed by atoms with Gasteiger partial charge in [-0.15, -0.1) is 0 Å². The van der Waals surface area contributed by atoms with E-state index in [1.165, 1.54) is 0 Å². The van der Waals surface area contributed by atoms with Gasteiger partial charge in [0.25, 0.3) is 0 Å². The van der Waals surface area contributed by atoms with Crippen molar-refractivity contribution in [3.05, 3.63) is 0 Å². The molecule has 0 saturated heterocycles. The molecule has 0 aliphatic rings. The molecule has 7 nitrogen and oxygen atoms in total. The number of nitrogens with two attached hydrogens (primary N) is 1. The van der Waals surface area contributed by atoms with Gasteiger partial charge in [0.2, 0.25) is 8.53 Å². The van der Waals surface area contributed by atoms with Crippen LogP contribution < -0.4 is 5.50 Å². The molecular formula is C5H14NO6P. The van der Waals surface area contributed by atoms with E-state index in [1.54, 1.807) is 0 Å². The molecule has 0 heterocycles. The highest BCUT2D eigenvalue weighted by Crippen LogP contribution is 2.19. The first kappa shape index (κ1) is 13.2. The Balaban J connectivity index is 3.74. The minimum absolute atomic E-state index is 0.406. The maximum absolute atomic E-state index is 9.07. The van der Waals surface area contributed by atoms with Gasteiger partial charge in [0.1, 0.15) is 18.3 Å². The van der Waals surface area contributed by atoms with Crippen LogP contribution >= 0.6 is 8.53 Å². The maximum Gasteiger partial charge on any atom is 0.250 e. The Morgan fingerprint density at radius 2 is 1.77 bits per heavy atom. The molecule has 0 aromatic rings. The van der Waals surface area contributed by atoms with E-state index in [9.17, 15) is 0 Å². The quantitative estimate of drug-likeness (QED) is 0.264. The van der Waals surface area contributed by atoms with Crippen molar-refractivity contribution >= 4 is 8.53 Å². The fraction of sp³-hybridized carbons (Fsp3) is 1.00. The monoisotopic (exact) mass is 215 g/mol. The lowest BCUT2D eigenvalue weighted by Gasteiger charge is -2.21. The van der Waals surface area contributed by atoms with Crippen LogP contribution in [0.15, 0.2) is 0 Å². The van der Waals surface area contributed by atoms with Crippen molar-refractivity contribution in [2.75, 3.05) is 13.2 Å². The third-order valence-electron chi connectivity index (χ3n) is 1.35. The summed E-state index contributed by atoms with van der Waals surface area (Å²) < 4.78 is 4.41. The van der Waals surface area contributed by atoms with Crippen molar-refractivity contribution in [2.45, 2.75) is 18.3 Å². The van der Waals surface area contributed by atoms with Gasteiger partial charge in [0.05, 0.1) is 13.2 Å². The van der Waals surface area contributed by atoms with Crippen LogP contribution in [-0.2, 0) is 4.52 Å². The SMILES string of the molecule is NP(O)OC[C@H](O)[C@H](O)[C@H](O)CO. The summed E-state index contributed by atoms with van der Waals surface area (Å²) >= 11 is 0. The number of hydrogen-bond donors (Lipinski definition) is 6. The third kappa shape index (κ3) is 5.45. The molecule has 0 aliphatic carbocycles. The van der Waals surface area contributed by atoms with Gasteiger partial charge in [0.15, 0.2) is 0 Å². The number of aliphatic hydroxyl groups excluding tert-OH is 4. The van der Waals surface area contributed by atoms with Crippen LogP contribution in [0.25, 0.3) is 0 Å². The minimum atomic E-state index is -2.10. The zero-order valence-electron chi connectivity index (χ0n) is 6.82. The van der Waals surface area contributed by atoms with Gasteiger partial charge in [-0.1, -0.05) is 0 Å². The number of hydrogen-bond acceptors (Lipinski definition) is 7. The Bertz CT molecular complexity index is 136. The van der Waals surface area contributed by atoms with Crippen molar-refractivity contribution in [1.82, 2.24) is 0 Å². The third-order valence-corrected chi connectivity index (χ3v) is 1.77. The van der Waals surface area contributed by atoms with Gasteiger partial charge in [-0.25, -0.2) is 0 Å². The van der Waals surface area contributed by atoms with Crippen LogP contribution in [0.1, 0.15) is 0 Å². The van der Waals surface area contributed by atoms with E-state index in [-0.39, 0.29) is 0 Å². The predicted octanol–water partition coefficient (Wildman–Crippen LogP) is -2.74. The predicted molar refractivity (Wildman–Crippen MR) is 44.4 cm³/mol. The normalized spacial score (nSPS) is 20.8. The fourth-order valence-electron chi connectivity index (χ4n) is 0.616. The van der Waals surface area contributed by atoms with Crippen molar-refractivity contribution in [1.29, 1.82) is 0 Å². The average Bonchev–Trinajstić information content (AvgIpc) is 2.11. The Kier molecular flexibility index (Phi) is 6.66. The van der Waals surface area contributed by atoms with Crippen LogP contribution in [-0.4, -0.2) is 56.8 Å². The Morgan fingerprint density at radius 3 is 2.15 bits per heavy atom. The zero-order chi connectivity index (χ0) is 10.4. The first-order valence-electron chi connectivity index (χ1n) is 3.50. The van der Waals surface area contributed by atoms with Gasteiger partial charge in [-0.2, -0.15) is 0 Å². The van der Waals surface area contributed by atoms with Gasteiger partial charge in [-0.3, -0.25) is 5.50 Å². The van der Waals surface area contributed by atoms with Gasteiger partial charge >= 0.3 is 0 Å². The second kappa shape index (κ2) is 6.58. The molecular weight excluding hydrogens is 201 g/mol. The van der Waals surface area contributed by atoms with Crippen LogP contribution in [0, 0.1) is 0 Å². The molecule has 7 N–H and O–H groups in total. The van der Waals surface area contributed by atoms with E-state index in [0.717, 1.165) is 0 Å². The lowest BCUT2D eigenvalue weighted by atomic mass is 10.1.